The maximum atomic E-state index is 5.87. The Bertz CT molecular complexity index is 853. The Morgan fingerprint density at radius 3 is 2.71 bits per heavy atom. The average molecular weight is 397 g/mol. The number of methoxy groups -OCH3 is 1. The first kappa shape index (κ1) is 19.1. The van der Waals surface area contributed by atoms with Gasteiger partial charge in [-0.05, 0) is 32.0 Å². The summed E-state index contributed by atoms with van der Waals surface area (Å²) in [4.78, 5) is 14.5. The van der Waals surface area contributed by atoms with Gasteiger partial charge in [0.05, 0.1) is 18.8 Å². The number of pyridine rings is 1. The molecule has 0 saturated carbocycles. The van der Waals surface area contributed by atoms with E-state index in [0.29, 0.717) is 5.25 Å². The number of nitrogens with zero attached hydrogens (tertiary/aromatic N) is 4. The van der Waals surface area contributed by atoms with Crippen molar-refractivity contribution in [1.29, 1.82) is 0 Å². The lowest BCUT2D eigenvalue weighted by Crippen LogP contribution is -2.29. The van der Waals surface area contributed by atoms with Gasteiger partial charge in [0.25, 0.3) is 0 Å². The molecule has 0 aliphatic carbocycles. The SMILES string of the molecule is CCN(CC)c1ccc(C2C(c3ccccn3)N=C3SC(C)CN32)c(OC)c1. The number of rotatable bonds is 6. The molecule has 6 heteroatoms. The normalized spacial score (nSPS) is 23.5. The minimum absolute atomic E-state index is 0.00981. The second kappa shape index (κ2) is 8.03. The van der Waals surface area contributed by atoms with Crippen LogP contribution in [-0.2, 0) is 0 Å². The van der Waals surface area contributed by atoms with Crippen LogP contribution in [0.5, 0.6) is 5.75 Å². The monoisotopic (exact) mass is 396 g/mol. The fourth-order valence-corrected chi connectivity index (χ4v) is 5.28. The van der Waals surface area contributed by atoms with Gasteiger partial charge in [0.15, 0.2) is 5.17 Å². The van der Waals surface area contributed by atoms with E-state index in [0.717, 1.165) is 36.2 Å². The van der Waals surface area contributed by atoms with Crippen LogP contribution < -0.4 is 9.64 Å². The lowest BCUT2D eigenvalue weighted by molar-refractivity contribution is 0.307. The van der Waals surface area contributed by atoms with Crippen LogP contribution in [0.2, 0.25) is 0 Å². The second-order valence-corrected chi connectivity index (χ2v) is 8.64. The molecule has 1 saturated heterocycles. The third-order valence-electron chi connectivity index (χ3n) is 5.55. The predicted octanol–water partition coefficient (Wildman–Crippen LogP) is 4.53. The van der Waals surface area contributed by atoms with Crippen LogP contribution in [0.25, 0.3) is 0 Å². The Balaban J connectivity index is 1.77. The summed E-state index contributed by atoms with van der Waals surface area (Å²) >= 11 is 1.86. The van der Waals surface area contributed by atoms with Crippen molar-refractivity contribution in [1.82, 2.24) is 9.88 Å². The molecule has 0 N–H and O–H groups in total. The Labute approximate surface area is 171 Å². The van der Waals surface area contributed by atoms with E-state index in [1.165, 1.54) is 11.3 Å². The molecule has 28 heavy (non-hydrogen) atoms. The van der Waals surface area contributed by atoms with E-state index in [-0.39, 0.29) is 12.1 Å². The van der Waals surface area contributed by atoms with Gasteiger partial charge in [-0.1, -0.05) is 30.8 Å². The van der Waals surface area contributed by atoms with Crippen molar-refractivity contribution in [2.45, 2.75) is 38.1 Å². The zero-order valence-corrected chi connectivity index (χ0v) is 17.8. The van der Waals surface area contributed by atoms with Crippen LogP contribution in [0.3, 0.4) is 0 Å². The Morgan fingerprint density at radius 2 is 2.04 bits per heavy atom. The van der Waals surface area contributed by atoms with Crippen LogP contribution in [0, 0.1) is 0 Å². The molecule has 0 spiro atoms. The standard InChI is InChI=1S/C22H28N4OS/c1-5-25(6-2)16-10-11-17(19(13-16)27-4)21-20(18-9-7-8-12-23-18)24-22-26(21)14-15(3)28-22/h7-13,15,20-21H,5-6,14H2,1-4H3. The number of benzene rings is 1. The molecule has 5 nitrogen and oxygen atoms in total. The van der Waals surface area contributed by atoms with E-state index in [9.17, 15) is 0 Å². The first-order valence-electron chi connectivity index (χ1n) is 10.0. The smallest absolute Gasteiger partial charge is 0.160 e. The van der Waals surface area contributed by atoms with Gasteiger partial charge >= 0.3 is 0 Å². The third kappa shape index (κ3) is 3.34. The molecule has 2 aliphatic rings. The van der Waals surface area contributed by atoms with E-state index < -0.39 is 0 Å². The van der Waals surface area contributed by atoms with Crippen molar-refractivity contribution in [2.75, 3.05) is 31.6 Å². The Hall–Kier alpha value is -2.21. The zero-order chi connectivity index (χ0) is 19.7. The maximum Gasteiger partial charge on any atom is 0.160 e. The molecule has 3 heterocycles. The van der Waals surface area contributed by atoms with Gasteiger partial charge in [-0.15, -0.1) is 0 Å². The number of ether oxygens (including phenoxy) is 1. The van der Waals surface area contributed by atoms with Crippen molar-refractivity contribution >= 4 is 22.6 Å². The number of hydrogen-bond acceptors (Lipinski definition) is 6. The van der Waals surface area contributed by atoms with Gasteiger partial charge in [0.1, 0.15) is 11.8 Å². The molecule has 0 amide bonds. The van der Waals surface area contributed by atoms with E-state index in [2.05, 4.69) is 59.8 Å². The summed E-state index contributed by atoms with van der Waals surface area (Å²) in [6, 6.07) is 12.8. The van der Waals surface area contributed by atoms with Crippen LogP contribution in [0.4, 0.5) is 5.69 Å². The van der Waals surface area contributed by atoms with Crippen LogP contribution in [-0.4, -0.2) is 47.0 Å². The molecular formula is C22H28N4OS. The molecule has 1 fully saturated rings. The highest BCUT2D eigenvalue weighted by Crippen LogP contribution is 2.49. The minimum Gasteiger partial charge on any atom is -0.496 e. The van der Waals surface area contributed by atoms with Crippen molar-refractivity contribution < 1.29 is 4.74 Å². The van der Waals surface area contributed by atoms with Gasteiger partial charge in [-0.3, -0.25) is 9.98 Å². The third-order valence-corrected chi connectivity index (χ3v) is 6.65. The molecule has 3 atom stereocenters. The van der Waals surface area contributed by atoms with Crippen LogP contribution in [0.1, 0.15) is 44.1 Å². The average Bonchev–Trinajstić information content (AvgIpc) is 3.25. The summed E-state index contributed by atoms with van der Waals surface area (Å²) < 4.78 is 5.87. The number of anilines is 1. The van der Waals surface area contributed by atoms with Gasteiger partial charge < -0.3 is 14.5 Å². The number of hydrogen-bond donors (Lipinski definition) is 0. The first-order chi connectivity index (χ1) is 13.7. The molecular weight excluding hydrogens is 368 g/mol. The van der Waals surface area contributed by atoms with Crippen LogP contribution in [0.15, 0.2) is 47.6 Å². The molecule has 3 unspecified atom stereocenters. The lowest BCUT2D eigenvalue weighted by Gasteiger charge is -2.30. The fraction of sp³-hybridized carbons (Fsp3) is 0.455. The molecule has 4 rings (SSSR count). The van der Waals surface area contributed by atoms with E-state index >= 15 is 0 Å². The summed E-state index contributed by atoms with van der Waals surface area (Å²) in [7, 11) is 1.76. The van der Waals surface area contributed by atoms with Crippen molar-refractivity contribution in [3.05, 3.63) is 53.9 Å². The number of aromatic nitrogens is 1. The van der Waals surface area contributed by atoms with Crippen molar-refractivity contribution in [3.63, 3.8) is 0 Å². The van der Waals surface area contributed by atoms with Gasteiger partial charge in [-0.2, -0.15) is 0 Å². The molecule has 148 valence electrons. The topological polar surface area (TPSA) is 41.0 Å². The number of amidine groups is 1. The predicted molar refractivity (Wildman–Crippen MR) is 117 cm³/mol. The highest BCUT2D eigenvalue weighted by Gasteiger charge is 2.44. The minimum atomic E-state index is -0.00981. The Morgan fingerprint density at radius 1 is 1.21 bits per heavy atom. The van der Waals surface area contributed by atoms with E-state index in [1.54, 1.807) is 7.11 Å². The maximum absolute atomic E-state index is 5.87. The molecule has 2 aliphatic heterocycles. The zero-order valence-electron chi connectivity index (χ0n) is 17.0. The van der Waals surface area contributed by atoms with Gasteiger partial charge in [0, 0.05) is 48.4 Å². The summed E-state index contributed by atoms with van der Waals surface area (Å²) in [6.45, 7) is 9.58. The van der Waals surface area contributed by atoms with Crippen LogP contribution >= 0.6 is 11.8 Å². The van der Waals surface area contributed by atoms with Crippen molar-refractivity contribution in [3.8, 4) is 5.75 Å². The summed E-state index contributed by atoms with van der Waals surface area (Å²) in [6.07, 6.45) is 1.85. The van der Waals surface area contributed by atoms with E-state index in [1.807, 2.05) is 30.1 Å². The quantitative estimate of drug-likeness (QED) is 0.718. The number of thioether (sulfide) groups is 1. The highest BCUT2D eigenvalue weighted by atomic mass is 32.2. The van der Waals surface area contributed by atoms with Crippen molar-refractivity contribution in [2.24, 2.45) is 4.99 Å². The fourth-order valence-electron chi connectivity index (χ4n) is 4.18. The summed E-state index contributed by atoms with van der Waals surface area (Å²) in [5, 5.41) is 1.68. The molecule has 1 aromatic heterocycles. The highest BCUT2D eigenvalue weighted by molar-refractivity contribution is 8.14. The summed E-state index contributed by atoms with van der Waals surface area (Å²) in [5.41, 5.74) is 3.39. The molecule has 2 aromatic rings. The van der Waals surface area contributed by atoms with Gasteiger partial charge in [0.2, 0.25) is 0 Å². The summed E-state index contributed by atoms with van der Waals surface area (Å²) in [5.74, 6) is 0.927. The lowest BCUT2D eigenvalue weighted by atomic mass is 9.95. The number of aliphatic imine (C=N–C) groups is 1. The molecule has 0 radical (unpaired) electrons. The Kier molecular flexibility index (Phi) is 5.49. The van der Waals surface area contributed by atoms with E-state index in [4.69, 9.17) is 9.73 Å². The molecule has 1 aromatic carbocycles. The largest absolute Gasteiger partial charge is 0.496 e. The van der Waals surface area contributed by atoms with Gasteiger partial charge in [-0.25, -0.2) is 0 Å². The second-order valence-electron chi connectivity index (χ2n) is 7.24. The first-order valence-corrected chi connectivity index (χ1v) is 10.9. The molecule has 0 bridgehead atoms. The number of fused-ring (bicyclic) bond motifs is 1.